The first-order valence-corrected chi connectivity index (χ1v) is 7.86. The molecule has 2 aromatic rings. The van der Waals surface area contributed by atoms with E-state index in [2.05, 4.69) is 50.0 Å². The van der Waals surface area contributed by atoms with Gasteiger partial charge in [0.2, 0.25) is 0 Å². The molecule has 29 heavy (non-hydrogen) atoms. The summed E-state index contributed by atoms with van der Waals surface area (Å²) in [6.45, 7) is 6.54. The van der Waals surface area contributed by atoms with Crippen molar-refractivity contribution >= 4 is 23.9 Å². The van der Waals surface area contributed by atoms with Gasteiger partial charge in [0.05, 0.1) is 23.1 Å². The van der Waals surface area contributed by atoms with Gasteiger partial charge in [-0.1, -0.05) is 43.7 Å². The number of aryl methyl sites for hydroxylation is 1. The van der Waals surface area contributed by atoms with Gasteiger partial charge in [0.15, 0.2) is 0 Å². The fraction of sp³-hybridized carbons (Fsp3) is 0.211. The van der Waals surface area contributed by atoms with Crippen molar-refractivity contribution in [3.05, 3.63) is 65.0 Å². The third-order valence-corrected chi connectivity index (χ3v) is 3.14. The molecular weight excluding hydrogens is 471 g/mol. The molecule has 0 saturated heterocycles. The Balaban J connectivity index is 0. The molecule has 0 aliphatic rings. The first-order valence-electron chi connectivity index (χ1n) is 7.86. The fourth-order valence-corrected chi connectivity index (χ4v) is 1.63. The minimum atomic E-state index is -2.19. The third-order valence-electron chi connectivity index (χ3n) is 3.14. The number of carbonyl (C=O) groups is 4. The van der Waals surface area contributed by atoms with Gasteiger partial charge in [-0.15, -0.1) is 0 Å². The largest absolute Gasteiger partial charge is 2.00 e. The van der Waals surface area contributed by atoms with Crippen molar-refractivity contribution in [3.8, 4) is 0 Å². The number of pyridine rings is 1. The van der Waals surface area contributed by atoms with E-state index in [1.165, 1.54) is 11.1 Å². The Labute approximate surface area is 179 Å². The van der Waals surface area contributed by atoms with Crippen LogP contribution in [0.4, 0.5) is 0 Å². The molecular formula is C19H19NO8Ru. The van der Waals surface area contributed by atoms with Gasteiger partial charge in [-0.25, -0.2) is 9.59 Å². The number of aromatic carboxylic acids is 2. The predicted molar refractivity (Wildman–Crippen MR) is 93.4 cm³/mol. The number of carboxylic acid groups (broad SMARTS) is 4. The molecule has 0 saturated carbocycles. The molecule has 9 nitrogen and oxygen atoms in total. The number of hydrogen-bond donors (Lipinski definition) is 2. The summed E-state index contributed by atoms with van der Waals surface area (Å²) in [6.07, 6.45) is 2.18. The molecule has 1 aromatic heterocycles. The number of benzene rings is 1. The number of aromatic nitrogens is 1. The van der Waals surface area contributed by atoms with Crippen LogP contribution in [0.5, 0.6) is 0 Å². The maximum Gasteiger partial charge on any atom is 2.00 e. The minimum Gasteiger partial charge on any atom is -0.543 e. The number of carbonyl (C=O) groups excluding carboxylic acids is 2. The van der Waals surface area contributed by atoms with Gasteiger partial charge in [-0.2, -0.15) is 0 Å². The summed E-state index contributed by atoms with van der Waals surface area (Å²) >= 11 is 0. The molecule has 2 N–H and O–H groups in total. The number of rotatable bonds is 3. The minimum absolute atomic E-state index is 0. The predicted octanol–water partition coefficient (Wildman–Crippen LogP) is 0.0801. The normalized spacial score (nSPS) is 8.97. The molecule has 10 heteroatoms. The van der Waals surface area contributed by atoms with E-state index in [1.807, 2.05) is 0 Å². The van der Waals surface area contributed by atoms with Crippen molar-refractivity contribution in [1.29, 1.82) is 0 Å². The second-order valence-electron chi connectivity index (χ2n) is 5.71. The van der Waals surface area contributed by atoms with Crippen LogP contribution in [0.15, 0.2) is 42.7 Å². The Hall–Kier alpha value is -3.13. The van der Waals surface area contributed by atoms with Crippen molar-refractivity contribution in [2.75, 3.05) is 0 Å². The Morgan fingerprint density at radius 2 is 1.24 bits per heavy atom. The fourth-order valence-electron chi connectivity index (χ4n) is 1.63. The Kier molecular flexibility index (Phi) is 13.5. The van der Waals surface area contributed by atoms with Crippen molar-refractivity contribution in [2.45, 2.75) is 26.7 Å². The number of carboxylic acids is 4. The molecule has 1 aromatic carbocycles. The molecule has 2 rings (SSSR count). The number of aliphatic carboxylic acids is 2. The van der Waals surface area contributed by atoms with Crippen LogP contribution in [0.25, 0.3) is 0 Å². The van der Waals surface area contributed by atoms with E-state index in [-0.39, 0.29) is 30.6 Å². The number of hydrogen-bond acceptors (Lipinski definition) is 7. The van der Waals surface area contributed by atoms with Gasteiger partial charge in [-0.3, -0.25) is 4.98 Å². The second kappa shape index (κ2) is 14.0. The van der Waals surface area contributed by atoms with E-state index >= 15 is 0 Å². The number of nitrogens with zero attached hydrogens (tertiary/aromatic N) is 1. The van der Waals surface area contributed by atoms with Crippen molar-refractivity contribution in [1.82, 2.24) is 4.98 Å². The van der Waals surface area contributed by atoms with Crippen LogP contribution in [-0.4, -0.2) is 39.1 Å². The van der Waals surface area contributed by atoms with E-state index < -0.39 is 23.9 Å². The Morgan fingerprint density at radius 3 is 1.52 bits per heavy atom. The molecule has 0 bridgehead atoms. The maximum atomic E-state index is 10.3. The molecule has 0 atom stereocenters. The summed E-state index contributed by atoms with van der Waals surface area (Å²) in [5.41, 5.74) is 2.50. The second-order valence-corrected chi connectivity index (χ2v) is 5.71. The van der Waals surface area contributed by atoms with Crippen LogP contribution in [0.2, 0.25) is 0 Å². The average Bonchev–Trinajstić information content (AvgIpc) is 2.63. The molecule has 0 unspecified atom stereocenters. The summed E-state index contributed by atoms with van der Waals surface area (Å²) < 4.78 is 0. The topological polar surface area (TPSA) is 168 Å². The van der Waals surface area contributed by atoms with Crippen molar-refractivity contribution < 1.29 is 59.1 Å². The van der Waals surface area contributed by atoms with E-state index in [0.717, 1.165) is 18.5 Å². The zero-order valence-corrected chi connectivity index (χ0v) is 17.5. The molecule has 0 aliphatic heterocycles. The van der Waals surface area contributed by atoms with E-state index in [0.29, 0.717) is 5.92 Å². The summed E-state index contributed by atoms with van der Waals surface area (Å²) in [7, 11) is 0. The molecule has 156 valence electrons. The molecule has 0 spiro atoms. The van der Waals surface area contributed by atoms with Crippen LogP contribution in [0, 0.1) is 6.92 Å². The zero-order chi connectivity index (χ0) is 21.9. The standard InChI is InChI=1S/C10H14.C7H5NO4.C2H2O4.Ru/c1-8(2)10-6-4-9(3)5-7-10;9-6(10)4-1-5(7(11)12)3-8-2-4;3-1(4)2(5)6;/h4-8H,1-3H3;1-3H,(H,9,10)(H,11,12);(H,3,4)(H,5,6);/q;;;+2/p-2. The third kappa shape index (κ3) is 12.0. The first-order chi connectivity index (χ1) is 13.0. The smallest absolute Gasteiger partial charge is 0.543 e. The quantitative estimate of drug-likeness (QED) is 0.447. The first kappa shape index (κ1) is 28.1. The van der Waals surface area contributed by atoms with E-state index in [9.17, 15) is 9.59 Å². The van der Waals surface area contributed by atoms with Gasteiger partial charge >= 0.3 is 31.4 Å². The molecule has 0 aliphatic carbocycles. The van der Waals surface area contributed by atoms with Crippen LogP contribution in [-0.2, 0) is 29.1 Å². The Morgan fingerprint density at radius 1 is 0.862 bits per heavy atom. The SMILES string of the molecule is Cc1ccc(C(C)C)cc1.O=C(O)c1cncc(C(=O)O)c1.O=C([O-])C(=O)[O-].[Ru+2]. The van der Waals surface area contributed by atoms with Gasteiger partial charge in [0, 0.05) is 12.4 Å². The molecule has 0 fully saturated rings. The van der Waals surface area contributed by atoms with Gasteiger partial charge in [0.25, 0.3) is 0 Å². The molecule has 0 amide bonds. The molecule has 0 radical (unpaired) electrons. The van der Waals surface area contributed by atoms with Gasteiger partial charge in [0.1, 0.15) is 0 Å². The van der Waals surface area contributed by atoms with E-state index in [4.69, 9.17) is 30.0 Å². The zero-order valence-electron chi connectivity index (χ0n) is 15.8. The summed E-state index contributed by atoms with van der Waals surface area (Å²) in [5, 5.41) is 34.8. The molecule has 1 heterocycles. The summed E-state index contributed by atoms with van der Waals surface area (Å²) in [6, 6.07) is 9.77. The monoisotopic (exact) mass is 491 g/mol. The van der Waals surface area contributed by atoms with E-state index in [1.54, 1.807) is 0 Å². The van der Waals surface area contributed by atoms with Crippen LogP contribution < -0.4 is 10.2 Å². The van der Waals surface area contributed by atoms with Crippen LogP contribution in [0.3, 0.4) is 0 Å². The van der Waals surface area contributed by atoms with Gasteiger partial charge in [-0.05, 0) is 24.5 Å². The summed E-state index contributed by atoms with van der Waals surface area (Å²) in [5.74, 6) is -6.10. The van der Waals surface area contributed by atoms with Crippen LogP contribution >= 0.6 is 0 Å². The van der Waals surface area contributed by atoms with Gasteiger partial charge < -0.3 is 30.0 Å². The maximum absolute atomic E-state index is 10.3. The van der Waals surface area contributed by atoms with Crippen molar-refractivity contribution in [2.24, 2.45) is 0 Å². The summed E-state index contributed by atoms with van der Waals surface area (Å²) in [4.78, 5) is 42.0. The van der Waals surface area contributed by atoms with Crippen molar-refractivity contribution in [3.63, 3.8) is 0 Å². The Bertz CT molecular complexity index is 793. The van der Waals surface area contributed by atoms with Crippen LogP contribution in [0.1, 0.15) is 51.6 Å². The average molecular weight is 490 g/mol.